The molecular weight excluding hydrogens is 474 g/mol. The van der Waals surface area contributed by atoms with Crippen LogP contribution in [0.4, 0.5) is 17.6 Å². The van der Waals surface area contributed by atoms with Gasteiger partial charge in [0.2, 0.25) is 5.88 Å². The number of carbonyl (C=O) groups excluding carboxylic acids is 1. The van der Waals surface area contributed by atoms with Gasteiger partial charge in [-0.15, -0.1) is 0 Å². The molecule has 2 fully saturated rings. The Labute approximate surface area is 200 Å². The van der Waals surface area contributed by atoms with Crippen molar-refractivity contribution in [3.8, 4) is 5.88 Å². The Morgan fingerprint density at radius 3 is 2.56 bits per heavy atom. The zero-order valence-electron chi connectivity index (χ0n) is 18.9. The van der Waals surface area contributed by atoms with E-state index < -0.39 is 33.9 Å². The second kappa shape index (κ2) is 9.00. The average Bonchev–Trinajstić information content (AvgIpc) is 3.55. The normalized spacial score (nSPS) is 20.9. The molecule has 2 aliphatic rings. The van der Waals surface area contributed by atoms with Crippen molar-refractivity contribution in [3.05, 3.63) is 57.5 Å². The van der Waals surface area contributed by atoms with Crippen LogP contribution in [0.2, 0.25) is 5.02 Å². The fourth-order valence-electron chi connectivity index (χ4n) is 4.62. The quantitative estimate of drug-likeness (QED) is 0.529. The van der Waals surface area contributed by atoms with Gasteiger partial charge in [-0.1, -0.05) is 25.4 Å². The summed E-state index contributed by atoms with van der Waals surface area (Å²) in [4.78, 5) is 17.7. The molecule has 1 atom stereocenters. The number of rotatable bonds is 6. The van der Waals surface area contributed by atoms with Crippen LogP contribution in [0.1, 0.15) is 66.1 Å². The molecule has 1 saturated heterocycles. The summed E-state index contributed by atoms with van der Waals surface area (Å²) >= 11 is 5.66. The molecule has 34 heavy (non-hydrogen) atoms. The first-order valence-electron chi connectivity index (χ1n) is 11.1. The number of nitrogens with two attached hydrogens (primary N) is 1. The Kier molecular flexibility index (Phi) is 6.54. The van der Waals surface area contributed by atoms with Crippen LogP contribution in [0.3, 0.4) is 0 Å². The molecule has 0 radical (unpaired) electrons. The van der Waals surface area contributed by atoms with Gasteiger partial charge in [-0.05, 0) is 48.4 Å². The highest BCUT2D eigenvalue weighted by atomic mass is 35.5. The number of piperidine rings is 1. The Hall–Kier alpha value is -2.39. The zero-order chi connectivity index (χ0) is 24.8. The monoisotopic (exact) mass is 499 g/mol. The van der Waals surface area contributed by atoms with Gasteiger partial charge in [0.05, 0.1) is 22.3 Å². The third-order valence-electron chi connectivity index (χ3n) is 6.51. The smallest absolute Gasteiger partial charge is 0.418 e. The first-order chi connectivity index (χ1) is 15.8. The molecule has 1 saturated carbocycles. The molecule has 1 aliphatic carbocycles. The standard InChI is InChI=1S/C24H26ClF4N3O2/c1-23(2)12-32(11-14-7-19(26)16(22(30)33)8-15(14)13-3-4-13)6-5-20(23)34-21-9-17(24(27,28)29)18(25)10-31-21/h7-10,13,20H,3-6,11-12H2,1-2H3,(H2,30,33). The van der Waals surface area contributed by atoms with Crippen LogP contribution in [-0.2, 0) is 12.7 Å². The maximum Gasteiger partial charge on any atom is 0.418 e. The van der Waals surface area contributed by atoms with Gasteiger partial charge in [-0.25, -0.2) is 9.37 Å². The minimum atomic E-state index is -4.60. The third kappa shape index (κ3) is 5.30. The lowest BCUT2D eigenvalue weighted by molar-refractivity contribution is -0.137. The molecule has 2 heterocycles. The zero-order valence-corrected chi connectivity index (χ0v) is 19.6. The molecule has 1 aliphatic heterocycles. The lowest BCUT2D eigenvalue weighted by atomic mass is 9.80. The number of primary amides is 1. The number of alkyl halides is 3. The fraction of sp³-hybridized carbons (Fsp3) is 0.500. The molecule has 10 heteroatoms. The summed E-state index contributed by atoms with van der Waals surface area (Å²) in [5.74, 6) is -1.22. The van der Waals surface area contributed by atoms with Crippen LogP contribution in [0, 0.1) is 11.2 Å². The molecule has 1 unspecified atom stereocenters. The molecular formula is C24H26ClF4N3O2. The van der Waals surface area contributed by atoms with Gasteiger partial charge in [0, 0.05) is 31.1 Å². The number of likely N-dealkylation sites (tertiary alicyclic amines) is 1. The number of ether oxygens (including phenoxy) is 1. The summed E-state index contributed by atoms with van der Waals surface area (Å²) in [6.45, 7) is 5.64. The van der Waals surface area contributed by atoms with Crippen molar-refractivity contribution in [1.82, 2.24) is 9.88 Å². The topological polar surface area (TPSA) is 68.5 Å². The molecule has 0 spiro atoms. The predicted molar refractivity (Wildman–Crippen MR) is 119 cm³/mol. The van der Waals surface area contributed by atoms with E-state index in [1.807, 2.05) is 13.8 Å². The molecule has 2 aromatic rings. The van der Waals surface area contributed by atoms with E-state index in [1.165, 1.54) is 6.07 Å². The highest BCUT2D eigenvalue weighted by molar-refractivity contribution is 6.31. The number of carbonyl (C=O) groups is 1. The number of hydrogen-bond donors (Lipinski definition) is 1. The van der Waals surface area contributed by atoms with E-state index in [1.54, 1.807) is 6.07 Å². The number of hydrogen-bond acceptors (Lipinski definition) is 4. The van der Waals surface area contributed by atoms with E-state index in [4.69, 9.17) is 22.1 Å². The van der Waals surface area contributed by atoms with E-state index in [2.05, 4.69) is 9.88 Å². The largest absolute Gasteiger partial charge is 0.474 e. The van der Waals surface area contributed by atoms with Crippen molar-refractivity contribution in [2.45, 2.75) is 57.9 Å². The average molecular weight is 500 g/mol. The summed E-state index contributed by atoms with van der Waals surface area (Å²) < 4.78 is 59.9. The van der Waals surface area contributed by atoms with E-state index in [0.29, 0.717) is 32.0 Å². The molecule has 184 valence electrons. The van der Waals surface area contributed by atoms with E-state index in [9.17, 15) is 22.4 Å². The minimum absolute atomic E-state index is 0.0909. The first-order valence-corrected chi connectivity index (χ1v) is 11.5. The summed E-state index contributed by atoms with van der Waals surface area (Å²) in [5.41, 5.74) is 5.61. The molecule has 1 amide bonds. The number of nitrogens with zero attached hydrogens (tertiary/aromatic N) is 2. The van der Waals surface area contributed by atoms with Gasteiger partial charge in [0.15, 0.2) is 0 Å². The second-order valence-electron chi connectivity index (χ2n) is 9.76. The van der Waals surface area contributed by atoms with Crippen LogP contribution in [-0.4, -0.2) is 35.0 Å². The lowest BCUT2D eigenvalue weighted by Crippen LogP contribution is -2.50. The fourth-order valence-corrected chi connectivity index (χ4v) is 4.83. The molecule has 4 rings (SSSR count). The SMILES string of the molecule is CC1(C)CN(Cc2cc(F)c(C(N)=O)cc2C2CC2)CCC1Oc1cc(C(F)(F)F)c(Cl)cn1. The number of pyridine rings is 1. The van der Waals surface area contributed by atoms with E-state index in [0.717, 1.165) is 36.2 Å². The number of benzene rings is 1. The van der Waals surface area contributed by atoms with Crippen LogP contribution in [0.5, 0.6) is 5.88 Å². The molecule has 0 bridgehead atoms. The van der Waals surface area contributed by atoms with Crippen molar-refractivity contribution in [3.63, 3.8) is 0 Å². The van der Waals surface area contributed by atoms with Crippen molar-refractivity contribution >= 4 is 17.5 Å². The van der Waals surface area contributed by atoms with Crippen LogP contribution in [0.15, 0.2) is 24.4 Å². The van der Waals surface area contributed by atoms with Crippen molar-refractivity contribution in [1.29, 1.82) is 0 Å². The van der Waals surface area contributed by atoms with Crippen molar-refractivity contribution in [2.75, 3.05) is 13.1 Å². The van der Waals surface area contributed by atoms with Crippen LogP contribution in [0.25, 0.3) is 0 Å². The molecule has 1 aromatic carbocycles. The summed E-state index contributed by atoms with van der Waals surface area (Å²) in [6.07, 6.45) is -1.48. The van der Waals surface area contributed by atoms with E-state index in [-0.39, 0.29) is 17.5 Å². The maximum atomic E-state index is 14.5. The van der Waals surface area contributed by atoms with Gasteiger partial charge in [0.1, 0.15) is 11.9 Å². The van der Waals surface area contributed by atoms with Gasteiger partial charge in [-0.3, -0.25) is 9.69 Å². The van der Waals surface area contributed by atoms with Gasteiger partial charge < -0.3 is 10.5 Å². The van der Waals surface area contributed by atoms with Crippen LogP contribution >= 0.6 is 11.6 Å². The highest BCUT2D eigenvalue weighted by Crippen LogP contribution is 2.43. The van der Waals surface area contributed by atoms with Crippen molar-refractivity contribution < 1.29 is 27.1 Å². The minimum Gasteiger partial charge on any atom is -0.474 e. The Morgan fingerprint density at radius 1 is 1.26 bits per heavy atom. The molecule has 1 aromatic heterocycles. The van der Waals surface area contributed by atoms with Crippen molar-refractivity contribution in [2.24, 2.45) is 11.1 Å². The number of amides is 1. The summed E-state index contributed by atoms with van der Waals surface area (Å²) in [5, 5.41) is -0.477. The summed E-state index contributed by atoms with van der Waals surface area (Å²) in [7, 11) is 0. The third-order valence-corrected chi connectivity index (χ3v) is 6.82. The molecule has 5 nitrogen and oxygen atoms in total. The Balaban J connectivity index is 1.48. The number of aromatic nitrogens is 1. The van der Waals surface area contributed by atoms with Gasteiger partial charge in [-0.2, -0.15) is 13.2 Å². The summed E-state index contributed by atoms with van der Waals surface area (Å²) in [6, 6.07) is 3.81. The van der Waals surface area contributed by atoms with Gasteiger partial charge in [0.25, 0.3) is 5.91 Å². The van der Waals surface area contributed by atoms with Crippen LogP contribution < -0.4 is 10.5 Å². The maximum absolute atomic E-state index is 14.5. The second-order valence-corrected chi connectivity index (χ2v) is 10.2. The highest BCUT2D eigenvalue weighted by Gasteiger charge is 2.39. The van der Waals surface area contributed by atoms with E-state index >= 15 is 0 Å². The first kappa shape index (κ1) is 24.7. The lowest BCUT2D eigenvalue weighted by Gasteiger charge is -2.44. The Morgan fingerprint density at radius 2 is 1.97 bits per heavy atom. The number of halogens is 5. The predicted octanol–water partition coefficient (Wildman–Crippen LogP) is 5.55. The van der Waals surface area contributed by atoms with Gasteiger partial charge >= 0.3 is 6.18 Å². The Bertz CT molecular complexity index is 1100. The molecule has 2 N–H and O–H groups in total.